The fraction of sp³-hybridized carbons (Fsp3) is 0.417. The number of halogens is 1. The summed E-state index contributed by atoms with van der Waals surface area (Å²) in [7, 11) is 1.69. The van der Waals surface area contributed by atoms with E-state index in [1.807, 2.05) is 19.9 Å². The molecule has 0 fully saturated rings. The molecular weight excluding hydrogens is 238 g/mol. The number of carbonyl (C=O) groups is 1. The summed E-state index contributed by atoms with van der Waals surface area (Å²) in [6.45, 7) is 3.75. The van der Waals surface area contributed by atoms with Crippen LogP contribution in [0.4, 0.5) is 0 Å². The molecule has 0 saturated carbocycles. The molecule has 0 atom stereocenters. The first-order valence-corrected chi connectivity index (χ1v) is 5.66. The van der Waals surface area contributed by atoms with Crippen molar-refractivity contribution < 1.29 is 4.79 Å². The molecule has 0 unspecified atom stereocenters. The summed E-state index contributed by atoms with van der Waals surface area (Å²) < 4.78 is 0. The third-order valence-electron chi connectivity index (χ3n) is 2.65. The molecular formula is C12H14ClN3O. The molecule has 0 bridgehead atoms. The number of rotatable bonds is 3. The molecule has 0 aliphatic rings. The molecule has 0 spiro atoms. The zero-order chi connectivity index (χ0) is 13.1. The van der Waals surface area contributed by atoms with Gasteiger partial charge in [0.05, 0.1) is 11.1 Å². The first-order chi connectivity index (χ1) is 7.92. The number of nitrogens with zero attached hydrogens (tertiary/aromatic N) is 3. The number of pyridine rings is 1. The van der Waals surface area contributed by atoms with Gasteiger partial charge in [0.25, 0.3) is 5.91 Å². The van der Waals surface area contributed by atoms with Gasteiger partial charge in [-0.2, -0.15) is 5.26 Å². The van der Waals surface area contributed by atoms with Crippen LogP contribution in [0, 0.1) is 11.3 Å². The number of aromatic nitrogens is 1. The summed E-state index contributed by atoms with van der Waals surface area (Å²) in [4.78, 5) is 17.6. The molecule has 1 rings (SSSR count). The van der Waals surface area contributed by atoms with Crippen molar-refractivity contribution in [3.63, 3.8) is 0 Å². The third-order valence-corrected chi connectivity index (χ3v) is 3.31. The third kappa shape index (κ3) is 2.95. The lowest BCUT2D eigenvalue weighted by molar-refractivity contribution is 0.0654. The van der Waals surface area contributed by atoms with Crippen molar-refractivity contribution in [3.05, 3.63) is 29.6 Å². The monoisotopic (exact) mass is 251 g/mol. The Morgan fingerprint density at radius 3 is 2.65 bits per heavy atom. The van der Waals surface area contributed by atoms with Crippen LogP contribution < -0.4 is 0 Å². The van der Waals surface area contributed by atoms with Crippen molar-refractivity contribution in [3.8, 4) is 6.07 Å². The van der Waals surface area contributed by atoms with Crippen LogP contribution in [-0.2, 0) is 0 Å². The SMILES string of the molecule is CN(C(=O)c1ccc(C#N)cn1)C(C)(C)CCl. The van der Waals surface area contributed by atoms with E-state index in [4.69, 9.17) is 16.9 Å². The summed E-state index contributed by atoms with van der Waals surface area (Å²) in [5, 5.41) is 8.64. The molecule has 1 aromatic heterocycles. The maximum Gasteiger partial charge on any atom is 0.272 e. The van der Waals surface area contributed by atoms with Crippen LogP contribution in [0.25, 0.3) is 0 Å². The number of alkyl halides is 1. The van der Waals surface area contributed by atoms with Crippen molar-refractivity contribution in [2.45, 2.75) is 19.4 Å². The van der Waals surface area contributed by atoms with Gasteiger partial charge in [-0.3, -0.25) is 4.79 Å². The smallest absolute Gasteiger partial charge is 0.272 e. The fourth-order valence-electron chi connectivity index (χ4n) is 1.12. The van der Waals surface area contributed by atoms with E-state index in [0.717, 1.165) is 0 Å². The van der Waals surface area contributed by atoms with Crippen LogP contribution in [0.15, 0.2) is 18.3 Å². The molecule has 0 aliphatic heterocycles. The van der Waals surface area contributed by atoms with Gasteiger partial charge in [-0.1, -0.05) is 0 Å². The van der Waals surface area contributed by atoms with Gasteiger partial charge in [0.15, 0.2) is 0 Å². The van der Waals surface area contributed by atoms with Crippen molar-refractivity contribution in [1.82, 2.24) is 9.88 Å². The van der Waals surface area contributed by atoms with E-state index in [0.29, 0.717) is 17.1 Å². The highest BCUT2D eigenvalue weighted by molar-refractivity contribution is 6.18. The van der Waals surface area contributed by atoms with Gasteiger partial charge in [0, 0.05) is 19.1 Å². The van der Waals surface area contributed by atoms with Crippen molar-refractivity contribution >= 4 is 17.5 Å². The minimum atomic E-state index is -0.436. The topological polar surface area (TPSA) is 57.0 Å². The Bertz CT molecular complexity index is 448. The Kier molecular flexibility index (Phi) is 4.08. The summed E-state index contributed by atoms with van der Waals surface area (Å²) in [5.41, 5.74) is 0.305. The standard InChI is InChI=1S/C12H14ClN3O/c1-12(2,8-13)16(3)11(17)10-5-4-9(6-14)7-15-10/h4-5,7H,8H2,1-3H3. The molecule has 4 nitrogen and oxygen atoms in total. The van der Waals surface area contributed by atoms with E-state index in [1.54, 1.807) is 24.1 Å². The van der Waals surface area contributed by atoms with Gasteiger partial charge in [-0.15, -0.1) is 11.6 Å². The predicted octanol–water partition coefficient (Wildman–Crippen LogP) is 2.04. The molecule has 0 N–H and O–H groups in total. The highest BCUT2D eigenvalue weighted by Crippen LogP contribution is 2.16. The second-order valence-corrected chi connectivity index (χ2v) is 4.62. The molecule has 1 heterocycles. The van der Waals surface area contributed by atoms with Gasteiger partial charge < -0.3 is 4.90 Å². The number of carbonyl (C=O) groups excluding carboxylic acids is 1. The maximum atomic E-state index is 12.1. The lowest BCUT2D eigenvalue weighted by Crippen LogP contribution is -2.46. The largest absolute Gasteiger partial charge is 0.334 e. The molecule has 0 aromatic carbocycles. The van der Waals surface area contributed by atoms with Gasteiger partial charge in [0.2, 0.25) is 0 Å². The zero-order valence-electron chi connectivity index (χ0n) is 10.1. The Labute approximate surface area is 106 Å². The predicted molar refractivity (Wildman–Crippen MR) is 65.8 cm³/mol. The number of hydrogen-bond donors (Lipinski definition) is 0. The Morgan fingerprint density at radius 1 is 1.59 bits per heavy atom. The molecule has 17 heavy (non-hydrogen) atoms. The quantitative estimate of drug-likeness (QED) is 0.773. The molecule has 1 amide bonds. The maximum absolute atomic E-state index is 12.1. The first-order valence-electron chi connectivity index (χ1n) is 5.12. The van der Waals surface area contributed by atoms with E-state index in [9.17, 15) is 4.79 Å². The summed E-state index contributed by atoms with van der Waals surface area (Å²) in [6, 6.07) is 5.07. The van der Waals surface area contributed by atoms with Crippen LogP contribution in [0.2, 0.25) is 0 Å². The molecule has 0 radical (unpaired) electrons. The lowest BCUT2D eigenvalue weighted by atomic mass is 10.1. The van der Waals surface area contributed by atoms with Crippen molar-refractivity contribution in [2.75, 3.05) is 12.9 Å². The summed E-state index contributed by atoms with van der Waals surface area (Å²) in [6.07, 6.45) is 1.38. The van der Waals surface area contributed by atoms with Gasteiger partial charge >= 0.3 is 0 Å². The molecule has 0 aliphatic carbocycles. The van der Waals surface area contributed by atoms with Crippen molar-refractivity contribution in [1.29, 1.82) is 5.26 Å². The van der Waals surface area contributed by atoms with Crippen LogP contribution in [-0.4, -0.2) is 34.3 Å². The van der Waals surface area contributed by atoms with Crippen LogP contribution >= 0.6 is 11.6 Å². The second kappa shape index (κ2) is 5.15. The van der Waals surface area contributed by atoms with E-state index < -0.39 is 5.54 Å². The zero-order valence-corrected chi connectivity index (χ0v) is 10.8. The van der Waals surface area contributed by atoms with Crippen molar-refractivity contribution in [2.24, 2.45) is 0 Å². The minimum absolute atomic E-state index is 0.208. The fourth-order valence-corrected chi connectivity index (χ4v) is 1.30. The van der Waals surface area contributed by atoms with E-state index in [-0.39, 0.29) is 5.91 Å². The average Bonchev–Trinajstić information content (AvgIpc) is 2.37. The molecule has 90 valence electrons. The lowest BCUT2D eigenvalue weighted by Gasteiger charge is -2.33. The van der Waals surface area contributed by atoms with E-state index in [1.165, 1.54) is 6.20 Å². The Morgan fingerprint density at radius 2 is 2.24 bits per heavy atom. The van der Waals surface area contributed by atoms with E-state index in [2.05, 4.69) is 4.98 Å². The van der Waals surface area contributed by atoms with Crippen LogP contribution in [0.1, 0.15) is 29.9 Å². The molecule has 5 heteroatoms. The normalized spacial score (nSPS) is 10.8. The van der Waals surface area contributed by atoms with Crippen LogP contribution in [0.5, 0.6) is 0 Å². The molecule has 0 saturated heterocycles. The number of nitriles is 1. The highest BCUT2D eigenvalue weighted by Gasteiger charge is 2.27. The summed E-state index contributed by atoms with van der Waals surface area (Å²) in [5.74, 6) is 0.131. The summed E-state index contributed by atoms with van der Waals surface area (Å²) >= 11 is 5.81. The van der Waals surface area contributed by atoms with Gasteiger partial charge in [-0.05, 0) is 26.0 Å². The Balaban J connectivity index is 2.93. The highest BCUT2D eigenvalue weighted by atomic mass is 35.5. The number of amides is 1. The van der Waals surface area contributed by atoms with Gasteiger partial charge in [0.1, 0.15) is 11.8 Å². The first kappa shape index (κ1) is 13.5. The number of hydrogen-bond acceptors (Lipinski definition) is 3. The Hall–Kier alpha value is -1.60. The van der Waals surface area contributed by atoms with E-state index >= 15 is 0 Å². The molecule has 1 aromatic rings. The van der Waals surface area contributed by atoms with Crippen LogP contribution in [0.3, 0.4) is 0 Å². The minimum Gasteiger partial charge on any atom is -0.334 e. The van der Waals surface area contributed by atoms with Gasteiger partial charge in [-0.25, -0.2) is 4.98 Å². The second-order valence-electron chi connectivity index (χ2n) is 4.35. The average molecular weight is 252 g/mol.